The number of piperidine rings is 2. The van der Waals surface area contributed by atoms with Gasteiger partial charge in [-0.1, -0.05) is 55.3 Å². The minimum atomic E-state index is 0.0398. The van der Waals surface area contributed by atoms with E-state index in [2.05, 4.69) is 74.3 Å². The fraction of sp³-hybridized carbons (Fsp3) is 0.533. The third-order valence-electron chi connectivity index (χ3n) is 8.53. The Labute approximate surface area is 214 Å². The molecule has 6 nitrogen and oxygen atoms in total. The van der Waals surface area contributed by atoms with Crippen LogP contribution in [0.4, 0.5) is 5.95 Å². The molecule has 0 radical (unpaired) electrons. The topological polar surface area (TPSA) is 53.4 Å². The second kappa shape index (κ2) is 10.6. The summed E-state index contributed by atoms with van der Waals surface area (Å²) in [4.78, 5) is 23.3. The Balaban J connectivity index is 1.08. The van der Waals surface area contributed by atoms with Crippen molar-refractivity contribution < 1.29 is 4.79 Å². The van der Waals surface area contributed by atoms with E-state index in [1.54, 1.807) is 0 Å². The molecule has 2 aromatic carbocycles. The molecule has 1 saturated carbocycles. The molecule has 36 heavy (non-hydrogen) atoms. The second-order valence-electron chi connectivity index (χ2n) is 11.0. The summed E-state index contributed by atoms with van der Waals surface area (Å²) >= 11 is 0. The molecular weight excluding hydrogens is 446 g/mol. The molecule has 6 heteroatoms. The minimum Gasteiger partial charge on any atom is -0.353 e. The molecule has 3 aromatic rings. The molecular formula is C30H39N5O. The molecule has 3 heterocycles. The van der Waals surface area contributed by atoms with Crippen molar-refractivity contribution >= 4 is 22.9 Å². The van der Waals surface area contributed by atoms with Gasteiger partial charge in [0.15, 0.2) is 0 Å². The van der Waals surface area contributed by atoms with E-state index in [1.165, 1.54) is 36.8 Å². The number of anilines is 1. The number of fused-ring (bicyclic) bond motifs is 1. The lowest BCUT2D eigenvalue weighted by Crippen LogP contribution is -2.49. The highest BCUT2D eigenvalue weighted by Crippen LogP contribution is 2.37. The average molecular weight is 486 g/mol. The summed E-state index contributed by atoms with van der Waals surface area (Å²) in [6.45, 7) is 4.84. The van der Waals surface area contributed by atoms with E-state index in [0.29, 0.717) is 12.1 Å². The largest absolute Gasteiger partial charge is 0.353 e. The number of imidazole rings is 1. The lowest BCUT2D eigenvalue weighted by atomic mass is 9.96. The van der Waals surface area contributed by atoms with Crippen molar-refractivity contribution in [2.45, 2.75) is 70.0 Å². The normalized spacial score (nSPS) is 22.3. The zero-order chi connectivity index (χ0) is 24.3. The van der Waals surface area contributed by atoms with Gasteiger partial charge in [-0.2, -0.15) is 0 Å². The zero-order valence-corrected chi connectivity index (χ0v) is 21.3. The van der Waals surface area contributed by atoms with Crippen molar-refractivity contribution in [3.05, 3.63) is 60.2 Å². The predicted octanol–water partition coefficient (Wildman–Crippen LogP) is 5.15. The standard InChI is InChI=1S/C30H39N5O/c36-29(31-25-16-19-33(20-17-25)21-23-9-2-1-3-10-23)24-11-8-18-34(22-24)30-32-27-14-6-7-15-28(27)35(30)26-12-4-5-13-26/h1-3,6-7,9-10,14-15,24-26H,4-5,8,11-13,16-22H2,(H,31,36). The van der Waals surface area contributed by atoms with Crippen molar-refractivity contribution in [3.8, 4) is 0 Å². The fourth-order valence-electron chi connectivity index (χ4n) is 6.55. The van der Waals surface area contributed by atoms with Crippen LogP contribution < -0.4 is 10.2 Å². The Kier molecular flexibility index (Phi) is 6.95. The van der Waals surface area contributed by atoms with E-state index in [4.69, 9.17) is 4.98 Å². The van der Waals surface area contributed by atoms with Gasteiger partial charge in [-0.3, -0.25) is 9.69 Å². The first-order chi connectivity index (χ1) is 17.7. The highest BCUT2D eigenvalue weighted by Gasteiger charge is 2.32. The molecule has 0 spiro atoms. The highest BCUT2D eigenvalue weighted by molar-refractivity contribution is 5.81. The Hall–Kier alpha value is -2.86. The molecule has 6 rings (SSSR count). The molecule has 1 aliphatic carbocycles. The van der Waals surface area contributed by atoms with Gasteiger partial charge in [-0.05, 0) is 56.2 Å². The summed E-state index contributed by atoms with van der Waals surface area (Å²) in [6.07, 6.45) is 9.14. The van der Waals surface area contributed by atoms with Gasteiger partial charge in [0, 0.05) is 44.8 Å². The van der Waals surface area contributed by atoms with Crippen LogP contribution in [0.25, 0.3) is 11.0 Å². The van der Waals surface area contributed by atoms with Gasteiger partial charge in [0.2, 0.25) is 11.9 Å². The molecule has 190 valence electrons. The minimum absolute atomic E-state index is 0.0398. The van der Waals surface area contributed by atoms with Crippen LogP contribution in [0.1, 0.15) is 63.0 Å². The van der Waals surface area contributed by atoms with Crippen LogP contribution >= 0.6 is 0 Å². The molecule has 2 saturated heterocycles. The number of nitrogens with one attached hydrogen (secondary N) is 1. The zero-order valence-electron chi connectivity index (χ0n) is 21.3. The van der Waals surface area contributed by atoms with E-state index in [1.807, 2.05) is 0 Å². The van der Waals surface area contributed by atoms with Crippen molar-refractivity contribution in [2.24, 2.45) is 5.92 Å². The van der Waals surface area contributed by atoms with Gasteiger partial charge in [0.05, 0.1) is 17.0 Å². The third kappa shape index (κ3) is 5.01. The van der Waals surface area contributed by atoms with Gasteiger partial charge in [0.1, 0.15) is 0 Å². The molecule has 0 bridgehead atoms. The summed E-state index contributed by atoms with van der Waals surface area (Å²) in [5.41, 5.74) is 3.69. The highest BCUT2D eigenvalue weighted by atomic mass is 16.2. The van der Waals surface area contributed by atoms with Crippen molar-refractivity contribution in [1.29, 1.82) is 0 Å². The molecule has 2 aliphatic heterocycles. The maximum atomic E-state index is 13.4. The third-order valence-corrected chi connectivity index (χ3v) is 8.53. The second-order valence-corrected chi connectivity index (χ2v) is 11.0. The van der Waals surface area contributed by atoms with Crippen molar-refractivity contribution in [3.63, 3.8) is 0 Å². The summed E-state index contributed by atoms with van der Waals surface area (Å²) in [6, 6.07) is 20.1. The Morgan fingerprint density at radius 2 is 1.61 bits per heavy atom. The van der Waals surface area contributed by atoms with Gasteiger partial charge in [-0.25, -0.2) is 4.98 Å². The maximum Gasteiger partial charge on any atom is 0.225 e. The van der Waals surface area contributed by atoms with Crippen molar-refractivity contribution in [1.82, 2.24) is 19.8 Å². The Morgan fingerprint density at radius 1 is 0.861 bits per heavy atom. The van der Waals surface area contributed by atoms with Crippen LogP contribution in [-0.2, 0) is 11.3 Å². The van der Waals surface area contributed by atoms with E-state index < -0.39 is 0 Å². The number of amides is 1. The van der Waals surface area contributed by atoms with Gasteiger partial charge in [0.25, 0.3) is 0 Å². The van der Waals surface area contributed by atoms with Crippen LogP contribution in [0, 0.1) is 5.92 Å². The number of carbonyl (C=O) groups excluding carboxylic acids is 1. The van der Waals surface area contributed by atoms with Crippen LogP contribution in [0.2, 0.25) is 0 Å². The van der Waals surface area contributed by atoms with Crippen LogP contribution in [-0.4, -0.2) is 52.6 Å². The fourth-order valence-corrected chi connectivity index (χ4v) is 6.55. The first kappa shape index (κ1) is 23.5. The van der Waals surface area contributed by atoms with Crippen LogP contribution in [0.3, 0.4) is 0 Å². The number of rotatable bonds is 6. The monoisotopic (exact) mass is 485 g/mol. The number of likely N-dealkylation sites (tertiary alicyclic amines) is 1. The Bertz CT molecular complexity index is 1160. The number of benzene rings is 2. The average Bonchev–Trinajstić information content (AvgIpc) is 3.58. The first-order valence-electron chi connectivity index (χ1n) is 14.0. The van der Waals surface area contributed by atoms with Gasteiger partial charge in [-0.15, -0.1) is 0 Å². The predicted molar refractivity (Wildman–Crippen MR) is 145 cm³/mol. The molecule has 1 atom stereocenters. The van der Waals surface area contributed by atoms with E-state index >= 15 is 0 Å². The first-order valence-corrected chi connectivity index (χ1v) is 14.0. The number of aromatic nitrogens is 2. The van der Waals surface area contributed by atoms with Crippen molar-refractivity contribution in [2.75, 3.05) is 31.1 Å². The number of carbonyl (C=O) groups is 1. The number of hydrogen-bond donors (Lipinski definition) is 1. The smallest absolute Gasteiger partial charge is 0.225 e. The number of nitrogens with zero attached hydrogens (tertiary/aromatic N) is 4. The molecule has 1 amide bonds. The number of hydrogen-bond acceptors (Lipinski definition) is 4. The summed E-state index contributed by atoms with van der Waals surface area (Å²) in [5, 5.41) is 3.42. The molecule has 1 N–H and O–H groups in total. The number of para-hydroxylation sites is 2. The van der Waals surface area contributed by atoms with E-state index in [0.717, 1.165) is 69.9 Å². The molecule has 1 unspecified atom stereocenters. The quantitative estimate of drug-likeness (QED) is 0.525. The lowest BCUT2D eigenvalue weighted by molar-refractivity contribution is -0.126. The SMILES string of the molecule is O=C(NC1CCN(Cc2ccccc2)CC1)C1CCCN(c2nc3ccccc3n2C2CCCC2)C1. The molecule has 3 aliphatic rings. The lowest BCUT2D eigenvalue weighted by Gasteiger charge is -2.36. The van der Waals surface area contributed by atoms with Crippen LogP contribution in [0.5, 0.6) is 0 Å². The maximum absolute atomic E-state index is 13.4. The molecule has 1 aromatic heterocycles. The van der Waals surface area contributed by atoms with E-state index in [-0.39, 0.29) is 11.8 Å². The van der Waals surface area contributed by atoms with Gasteiger partial charge < -0.3 is 14.8 Å². The molecule has 3 fully saturated rings. The summed E-state index contributed by atoms with van der Waals surface area (Å²) in [7, 11) is 0. The Morgan fingerprint density at radius 3 is 2.42 bits per heavy atom. The van der Waals surface area contributed by atoms with E-state index in [9.17, 15) is 4.79 Å². The van der Waals surface area contributed by atoms with Crippen LogP contribution in [0.15, 0.2) is 54.6 Å². The summed E-state index contributed by atoms with van der Waals surface area (Å²) < 4.78 is 2.49. The van der Waals surface area contributed by atoms with Gasteiger partial charge >= 0.3 is 0 Å². The summed E-state index contributed by atoms with van der Waals surface area (Å²) in [5.74, 6) is 1.36.